The molecule has 0 saturated heterocycles. The fraction of sp³-hybridized carbons (Fsp3) is 0.417. The van der Waals surface area contributed by atoms with Crippen LogP contribution < -0.4 is 14.8 Å². The van der Waals surface area contributed by atoms with Gasteiger partial charge >= 0.3 is 0 Å². The number of carbonyl (C=O) groups excluding carboxylic acids is 2. The first-order valence-corrected chi connectivity index (χ1v) is 11.4. The van der Waals surface area contributed by atoms with Gasteiger partial charge in [-0.3, -0.25) is 9.59 Å². The average Bonchev–Trinajstić information content (AvgIpc) is 2.80. The molecule has 32 heavy (non-hydrogen) atoms. The molecule has 2 aromatic carbocycles. The first kappa shape index (κ1) is 25.8. The molecule has 0 aliphatic heterocycles. The van der Waals surface area contributed by atoms with Gasteiger partial charge in [0.25, 0.3) is 0 Å². The summed E-state index contributed by atoms with van der Waals surface area (Å²) >= 11 is 12.1. The lowest BCUT2D eigenvalue weighted by Gasteiger charge is -2.29. The largest absolute Gasteiger partial charge is 0.497 e. The van der Waals surface area contributed by atoms with Crippen molar-refractivity contribution in [2.24, 2.45) is 0 Å². The van der Waals surface area contributed by atoms with Crippen LogP contribution in [-0.2, 0) is 16.1 Å². The molecule has 2 aromatic rings. The summed E-state index contributed by atoms with van der Waals surface area (Å²) in [6.45, 7) is 4.92. The van der Waals surface area contributed by atoms with E-state index in [4.69, 9.17) is 32.7 Å². The summed E-state index contributed by atoms with van der Waals surface area (Å²) in [7, 11) is 1.61. The van der Waals surface area contributed by atoms with E-state index in [0.29, 0.717) is 35.4 Å². The number of hydrogen-bond donors (Lipinski definition) is 1. The van der Waals surface area contributed by atoms with Crippen LogP contribution in [0.15, 0.2) is 42.5 Å². The number of benzene rings is 2. The fourth-order valence-electron chi connectivity index (χ4n) is 3.04. The molecule has 0 spiro atoms. The Balaban J connectivity index is 1.99. The monoisotopic (exact) mass is 480 g/mol. The molecular formula is C24H30Cl2N2O4. The lowest BCUT2D eigenvalue weighted by atomic mass is 10.1. The van der Waals surface area contributed by atoms with Crippen molar-refractivity contribution in [1.82, 2.24) is 10.2 Å². The van der Waals surface area contributed by atoms with Gasteiger partial charge < -0.3 is 19.7 Å². The smallest absolute Gasteiger partial charge is 0.242 e. The van der Waals surface area contributed by atoms with E-state index >= 15 is 0 Å². The maximum Gasteiger partial charge on any atom is 0.242 e. The standard InChI is InChI=1S/C24H30Cl2N2O4/c1-4-13-27-24(30)17(2)28(16-18-7-12-21(25)22(26)15-18)23(29)6-5-14-32-20-10-8-19(31-3)9-11-20/h7-12,15,17H,4-6,13-14,16H2,1-3H3,(H,27,30)/t17-/m1/s1. The average molecular weight is 481 g/mol. The van der Waals surface area contributed by atoms with E-state index in [1.807, 2.05) is 31.2 Å². The maximum atomic E-state index is 13.0. The molecule has 1 N–H and O–H groups in total. The minimum absolute atomic E-state index is 0.131. The summed E-state index contributed by atoms with van der Waals surface area (Å²) in [5, 5.41) is 3.71. The summed E-state index contributed by atoms with van der Waals surface area (Å²) in [4.78, 5) is 27.1. The second-order valence-electron chi connectivity index (χ2n) is 7.36. The van der Waals surface area contributed by atoms with Gasteiger partial charge in [0.2, 0.25) is 11.8 Å². The van der Waals surface area contributed by atoms with Gasteiger partial charge in [-0.05, 0) is 61.7 Å². The number of rotatable bonds is 12. The Morgan fingerprint density at radius 1 is 1.06 bits per heavy atom. The zero-order chi connectivity index (χ0) is 23.5. The van der Waals surface area contributed by atoms with Crippen LogP contribution in [0.25, 0.3) is 0 Å². The second kappa shape index (κ2) is 13.2. The number of carbonyl (C=O) groups is 2. The van der Waals surface area contributed by atoms with E-state index in [1.54, 1.807) is 37.1 Å². The maximum absolute atomic E-state index is 13.0. The highest BCUT2D eigenvalue weighted by molar-refractivity contribution is 6.42. The van der Waals surface area contributed by atoms with Gasteiger partial charge in [-0.2, -0.15) is 0 Å². The van der Waals surface area contributed by atoms with Crippen LogP contribution in [0.1, 0.15) is 38.7 Å². The van der Waals surface area contributed by atoms with Crippen LogP contribution in [0.2, 0.25) is 10.0 Å². The summed E-state index contributed by atoms with van der Waals surface area (Å²) in [5.41, 5.74) is 0.803. The van der Waals surface area contributed by atoms with Crippen LogP contribution in [0.5, 0.6) is 11.5 Å². The predicted octanol–water partition coefficient (Wildman–Crippen LogP) is 5.10. The van der Waals surface area contributed by atoms with Gasteiger partial charge in [0.05, 0.1) is 23.8 Å². The Kier molecular flexibility index (Phi) is 10.6. The Morgan fingerprint density at radius 3 is 2.38 bits per heavy atom. The molecule has 0 saturated carbocycles. The highest BCUT2D eigenvalue weighted by Crippen LogP contribution is 2.24. The molecule has 6 nitrogen and oxygen atoms in total. The molecule has 2 amide bonds. The minimum Gasteiger partial charge on any atom is -0.497 e. The molecule has 174 valence electrons. The molecule has 0 fully saturated rings. The minimum atomic E-state index is -0.619. The first-order chi connectivity index (χ1) is 15.3. The molecule has 0 radical (unpaired) electrons. The highest BCUT2D eigenvalue weighted by Gasteiger charge is 2.25. The summed E-state index contributed by atoms with van der Waals surface area (Å²) < 4.78 is 10.8. The van der Waals surface area contributed by atoms with Crippen LogP contribution in [0.4, 0.5) is 0 Å². The molecular weight excluding hydrogens is 451 g/mol. The molecule has 8 heteroatoms. The number of nitrogens with zero attached hydrogens (tertiary/aromatic N) is 1. The van der Waals surface area contributed by atoms with Gasteiger partial charge in [-0.15, -0.1) is 0 Å². The molecule has 2 rings (SSSR count). The van der Waals surface area contributed by atoms with E-state index in [1.165, 1.54) is 0 Å². The van der Waals surface area contributed by atoms with Gasteiger partial charge in [0.1, 0.15) is 17.5 Å². The Bertz CT molecular complexity index is 890. The normalized spacial score (nSPS) is 11.5. The number of methoxy groups -OCH3 is 1. The number of halogens is 2. The van der Waals surface area contributed by atoms with Gasteiger partial charge in [-0.1, -0.05) is 36.2 Å². The quantitative estimate of drug-likeness (QED) is 0.428. The van der Waals surface area contributed by atoms with Crippen molar-refractivity contribution in [3.05, 3.63) is 58.1 Å². The summed E-state index contributed by atoms with van der Waals surface area (Å²) in [6, 6.07) is 11.9. The van der Waals surface area contributed by atoms with Crippen LogP contribution >= 0.6 is 23.2 Å². The molecule has 0 aromatic heterocycles. The Hall–Kier alpha value is -2.44. The molecule has 1 atom stereocenters. The summed E-state index contributed by atoms with van der Waals surface area (Å²) in [5.74, 6) is 1.14. The zero-order valence-electron chi connectivity index (χ0n) is 18.7. The van der Waals surface area contributed by atoms with Crippen molar-refractivity contribution < 1.29 is 19.1 Å². The van der Waals surface area contributed by atoms with Crippen LogP contribution in [0.3, 0.4) is 0 Å². The zero-order valence-corrected chi connectivity index (χ0v) is 20.2. The van der Waals surface area contributed by atoms with Crippen molar-refractivity contribution in [3.8, 4) is 11.5 Å². The van der Waals surface area contributed by atoms with E-state index in [2.05, 4.69) is 5.32 Å². The molecule has 0 bridgehead atoms. The third-order valence-electron chi connectivity index (χ3n) is 4.92. The van der Waals surface area contributed by atoms with Gasteiger partial charge in [0.15, 0.2) is 0 Å². The van der Waals surface area contributed by atoms with Crippen molar-refractivity contribution in [1.29, 1.82) is 0 Å². The number of nitrogens with one attached hydrogen (secondary N) is 1. The fourth-order valence-corrected chi connectivity index (χ4v) is 3.36. The lowest BCUT2D eigenvalue weighted by Crippen LogP contribution is -2.47. The number of hydrogen-bond acceptors (Lipinski definition) is 4. The molecule has 0 aliphatic carbocycles. The van der Waals surface area contributed by atoms with Gasteiger partial charge in [-0.25, -0.2) is 0 Å². The first-order valence-electron chi connectivity index (χ1n) is 10.6. The third kappa shape index (κ3) is 7.92. The number of ether oxygens (including phenoxy) is 2. The highest BCUT2D eigenvalue weighted by atomic mass is 35.5. The van der Waals surface area contributed by atoms with E-state index < -0.39 is 6.04 Å². The number of amides is 2. The van der Waals surface area contributed by atoms with Gasteiger partial charge in [0, 0.05) is 19.5 Å². The third-order valence-corrected chi connectivity index (χ3v) is 5.66. The van der Waals surface area contributed by atoms with Crippen molar-refractivity contribution >= 4 is 35.0 Å². The predicted molar refractivity (Wildman–Crippen MR) is 127 cm³/mol. The molecule has 0 unspecified atom stereocenters. The topological polar surface area (TPSA) is 67.9 Å². The van der Waals surface area contributed by atoms with E-state index in [9.17, 15) is 9.59 Å². The van der Waals surface area contributed by atoms with E-state index in [0.717, 1.165) is 17.7 Å². The Morgan fingerprint density at radius 2 is 1.75 bits per heavy atom. The Labute approximate surface area is 199 Å². The van der Waals surface area contributed by atoms with Crippen molar-refractivity contribution in [2.45, 2.75) is 45.7 Å². The van der Waals surface area contributed by atoms with Crippen molar-refractivity contribution in [2.75, 3.05) is 20.3 Å². The lowest BCUT2D eigenvalue weighted by molar-refractivity contribution is -0.140. The SMILES string of the molecule is CCCNC(=O)[C@@H](C)N(Cc1ccc(Cl)c(Cl)c1)C(=O)CCCOc1ccc(OC)cc1. The summed E-state index contributed by atoms with van der Waals surface area (Å²) in [6.07, 6.45) is 1.59. The van der Waals surface area contributed by atoms with Crippen LogP contribution in [-0.4, -0.2) is 43.0 Å². The van der Waals surface area contributed by atoms with Crippen molar-refractivity contribution in [3.63, 3.8) is 0 Å². The molecule has 0 aliphatic rings. The molecule has 0 heterocycles. The second-order valence-corrected chi connectivity index (χ2v) is 8.18. The van der Waals surface area contributed by atoms with Crippen LogP contribution in [0, 0.1) is 0 Å². The van der Waals surface area contributed by atoms with E-state index in [-0.39, 0.29) is 24.8 Å².